The van der Waals surface area contributed by atoms with Gasteiger partial charge in [0.15, 0.2) is 25.2 Å². The van der Waals surface area contributed by atoms with Crippen molar-refractivity contribution in [3.8, 4) is 0 Å². The molecular weight excluding hydrogens is 990 g/mol. The lowest BCUT2D eigenvalue weighted by Gasteiger charge is -2.53. The zero-order chi connectivity index (χ0) is 53.7. The molecule has 0 unspecified atom stereocenters. The number of carbonyl (C=O) groups is 4. The van der Waals surface area contributed by atoms with Gasteiger partial charge >= 0.3 is 5.97 Å². The van der Waals surface area contributed by atoms with Crippen LogP contribution in [0.15, 0.2) is 0 Å². The summed E-state index contributed by atoms with van der Waals surface area (Å²) in [6.07, 6.45) is -46.8. The largest absolute Gasteiger partial charge is 0.477 e. The van der Waals surface area contributed by atoms with Crippen molar-refractivity contribution < 1.29 is 149 Å². The molecule has 3 amide bonds. The highest BCUT2D eigenvalue weighted by Gasteiger charge is 2.62. The summed E-state index contributed by atoms with van der Waals surface area (Å²) in [4.78, 5) is 51.5. The Balaban J connectivity index is 1.64. The van der Waals surface area contributed by atoms with Gasteiger partial charge in [0, 0.05) is 20.3 Å². The molecule has 0 aliphatic carbocycles. The Bertz CT molecular complexity index is 1790. The first kappa shape index (κ1) is 59.8. The van der Waals surface area contributed by atoms with Crippen LogP contribution in [0.3, 0.4) is 0 Å². The number of carbonyl (C=O) groups excluding carboxylic acids is 3. The van der Waals surface area contributed by atoms with Gasteiger partial charge in [-0.15, -0.1) is 0 Å². The minimum Gasteiger partial charge on any atom is -0.477 e. The lowest BCUT2D eigenvalue weighted by molar-refractivity contribution is -0.392. The summed E-state index contributed by atoms with van der Waals surface area (Å²) in [5, 5.41) is 187. The quantitative estimate of drug-likeness (QED) is 0.0538. The van der Waals surface area contributed by atoms with Gasteiger partial charge in [0.2, 0.25) is 17.7 Å². The zero-order valence-electron chi connectivity index (χ0n) is 38.3. The first-order valence-electron chi connectivity index (χ1n) is 22.4. The van der Waals surface area contributed by atoms with E-state index in [0.29, 0.717) is 0 Å². The first-order valence-corrected chi connectivity index (χ1v) is 22.4. The molecule has 416 valence electrons. The van der Waals surface area contributed by atoms with Crippen molar-refractivity contribution in [3.05, 3.63) is 0 Å². The third kappa shape index (κ3) is 12.9. The van der Waals surface area contributed by atoms with E-state index in [1.807, 2.05) is 0 Å². The summed E-state index contributed by atoms with van der Waals surface area (Å²) in [6, 6.07) is -5.81. The van der Waals surface area contributed by atoms with Crippen molar-refractivity contribution in [3.63, 3.8) is 0 Å². The molecule has 5 fully saturated rings. The van der Waals surface area contributed by atoms with Gasteiger partial charge in [-0.1, -0.05) is 0 Å². The number of hydrogen-bond donors (Lipinski definition) is 20. The van der Waals surface area contributed by atoms with Gasteiger partial charge in [-0.3, -0.25) is 14.4 Å². The van der Waals surface area contributed by atoms with Gasteiger partial charge in [-0.05, 0) is 0 Å². The smallest absolute Gasteiger partial charge is 0.364 e. The molecule has 5 heterocycles. The lowest BCUT2D eigenvalue weighted by atomic mass is 9.87. The Morgan fingerprint density at radius 1 is 0.569 bits per heavy atom. The molecule has 5 saturated heterocycles. The third-order valence-corrected chi connectivity index (χ3v) is 12.6. The number of aliphatic carboxylic acids is 1. The van der Waals surface area contributed by atoms with Crippen molar-refractivity contribution in [1.82, 2.24) is 16.0 Å². The van der Waals surface area contributed by atoms with Crippen LogP contribution in [0.1, 0.15) is 20.3 Å². The number of amides is 3. The van der Waals surface area contributed by atoms with Crippen LogP contribution in [-0.2, 0) is 61.8 Å². The van der Waals surface area contributed by atoms with E-state index in [-0.39, 0.29) is 0 Å². The summed E-state index contributed by atoms with van der Waals surface area (Å²) >= 11 is 0. The Morgan fingerprint density at radius 2 is 1.08 bits per heavy atom. The van der Waals surface area contributed by atoms with Crippen LogP contribution < -0.4 is 16.0 Å². The summed E-state index contributed by atoms with van der Waals surface area (Å²) in [6.45, 7) is -4.86. The molecule has 0 aromatic heterocycles. The van der Waals surface area contributed by atoms with Gasteiger partial charge in [0.25, 0.3) is 5.79 Å². The number of carboxylic acids is 1. The second-order valence-electron chi connectivity index (χ2n) is 17.6. The normalized spacial score (nSPS) is 44.6. The Kier molecular flexibility index (Phi) is 21.3. The Hall–Kier alpha value is -3.12. The predicted molar refractivity (Wildman–Crippen MR) is 220 cm³/mol. The maximum Gasteiger partial charge on any atom is 0.364 e. The van der Waals surface area contributed by atoms with E-state index in [4.69, 9.17) is 42.6 Å². The molecule has 20 N–H and O–H groups in total. The molecule has 5 rings (SSSR count). The number of aliphatic hydroxyl groups is 16. The maximum atomic E-state index is 13.6. The van der Waals surface area contributed by atoms with Gasteiger partial charge in [0.1, 0.15) is 122 Å². The lowest BCUT2D eigenvalue weighted by Crippen LogP contribution is -2.74. The minimum absolute atomic E-state index is 0.864. The summed E-state index contributed by atoms with van der Waals surface area (Å²) in [5.41, 5.74) is 0. The highest BCUT2D eigenvalue weighted by molar-refractivity contribution is 5.78. The van der Waals surface area contributed by atoms with E-state index in [1.54, 1.807) is 0 Å². The summed E-state index contributed by atoms with van der Waals surface area (Å²) in [7, 11) is 0. The molecular formula is C39H65N3O30. The van der Waals surface area contributed by atoms with Gasteiger partial charge in [-0.2, -0.15) is 0 Å². The van der Waals surface area contributed by atoms with Crippen LogP contribution in [0.25, 0.3) is 0 Å². The molecule has 0 radical (unpaired) electrons. The van der Waals surface area contributed by atoms with Gasteiger partial charge in [0.05, 0.1) is 45.2 Å². The van der Waals surface area contributed by atoms with Crippen LogP contribution in [0, 0.1) is 0 Å². The molecule has 0 spiro atoms. The SMILES string of the molecule is CC(=O)N[C@H]1[C@H](O[C@@H]2[C@H](O[C@]3(C(=O)O)C[C@H](O)[C@@H](NC(=O)CO)[C@H]([C@H](O)[C@H](O)CO)O3)[C@@H](NC(C)=O)[C@H](O[C@H]3[C@@H](O)[C@@H](CO)O[C@@H](O[C@@H]4[C@H](O)[C@@H](O)[C@@H](O)O[C@@H]4CO)[C@@H]3O)O[C@@H]2CO)O[C@H](CO)[C@H](O)[C@@H]1O. The predicted octanol–water partition coefficient (Wildman–Crippen LogP) is -13.3. The number of carboxylic acid groups (broad SMARTS) is 1. The standard InChI is InChI=1S/C39H65N3O30/c1-10(49)40-20-25(57)23(55)14(5-44)65-35(20)69-30-17(8-47)67-36(70-33-24(56)15(6-45)66-37(28(33)60)68-29-16(7-46)64-34(61)27(59)26(29)58)21(41-11(2)50)32(30)72-39(38(62)63)3-12(51)19(42-18(53)9-48)31(71-39)22(54)13(52)4-43/h12-17,19-37,43-48,51-52,54-61H,3-9H2,1-2H3,(H,40,49)(H,41,50)(H,42,53)(H,62,63)/t12-,13+,14+,15+,16+,17+,19+,20+,21+,22+,23-,24-,25+,26+,27+,28+,29-,30-,31+,32+,33-,34-,35-,36-,37-,39-/m0/s1. The van der Waals surface area contributed by atoms with E-state index >= 15 is 0 Å². The fourth-order valence-electron chi connectivity index (χ4n) is 8.94. The van der Waals surface area contributed by atoms with Crippen molar-refractivity contribution in [2.45, 2.75) is 179 Å². The third-order valence-electron chi connectivity index (χ3n) is 12.6. The maximum absolute atomic E-state index is 13.6. The average molecular weight is 1060 g/mol. The molecule has 33 nitrogen and oxygen atoms in total. The van der Waals surface area contributed by atoms with Crippen LogP contribution in [0.4, 0.5) is 0 Å². The second-order valence-corrected chi connectivity index (χ2v) is 17.6. The number of nitrogens with one attached hydrogen (secondary N) is 3. The van der Waals surface area contributed by atoms with Crippen LogP contribution in [0.2, 0.25) is 0 Å². The Morgan fingerprint density at radius 3 is 1.64 bits per heavy atom. The molecule has 5 aliphatic heterocycles. The number of aliphatic hydroxyl groups excluding tert-OH is 16. The van der Waals surface area contributed by atoms with Crippen molar-refractivity contribution in [2.24, 2.45) is 0 Å². The van der Waals surface area contributed by atoms with Crippen molar-refractivity contribution in [2.75, 3.05) is 39.6 Å². The number of ether oxygens (including phenoxy) is 9. The van der Waals surface area contributed by atoms with Crippen LogP contribution >= 0.6 is 0 Å². The molecule has 0 aromatic rings. The van der Waals surface area contributed by atoms with E-state index in [2.05, 4.69) is 16.0 Å². The van der Waals surface area contributed by atoms with Crippen molar-refractivity contribution in [1.29, 1.82) is 0 Å². The molecule has 72 heavy (non-hydrogen) atoms. The highest BCUT2D eigenvalue weighted by atomic mass is 16.8. The average Bonchev–Trinajstić information content (AvgIpc) is 3.34. The van der Waals surface area contributed by atoms with E-state index in [1.165, 1.54) is 0 Å². The Labute approximate surface area is 406 Å². The molecule has 5 aliphatic rings. The zero-order valence-corrected chi connectivity index (χ0v) is 38.3. The van der Waals surface area contributed by atoms with E-state index < -0.39 is 229 Å². The first-order chi connectivity index (χ1) is 33.9. The number of hydrogen-bond acceptors (Lipinski definition) is 29. The molecule has 0 saturated carbocycles. The fourth-order valence-corrected chi connectivity index (χ4v) is 8.94. The van der Waals surface area contributed by atoms with Crippen LogP contribution in [-0.4, -0.2) is 309 Å². The van der Waals surface area contributed by atoms with Crippen molar-refractivity contribution >= 4 is 23.7 Å². The minimum atomic E-state index is -3.39. The highest BCUT2D eigenvalue weighted by Crippen LogP contribution is 2.40. The monoisotopic (exact) mass is 1060 g/mol. The topological polar surface area (TPSA) is 531 Å². The van der Waals surface area contributed by atoms with Gasteiger partial charge in [-0.25, -0.2) is 4.79 Å². The summed E-state index contributed by atoms with van der Waals surface area (Å²) < 4.78 is 52.3. The van der Waals surface area contributed by atoms with E-state index in [9.17, 15) is 106 Å². The van der Waals surface area contributed by atoms with Gasteiger partial charge < -0.3 is 145 Å². The second kappa shape index (κ2) is 25.6. The van der Waals surface area contributed by atoms with Crippen LogP contribution in [0.5, 0.6) is 0 Å². The fraction of sp³-hybridized carbons (Fsp3) is 0.897. The molecule has 33 heteroatoms. The molecule has 0 aromatic carbocycles. The molecule has 26 atom stereocenters. The molecule has 0 bridgehead atoms. The van der Waals surface area contributed by atoms with E-state index in [0.717, 1.165) is 13.8 Å². The summed E-state index contributed by atoms with van der Waals surface area (Å²) in [5.74, 6) is -8.68. The number of rotatable bonds is 20.